The van der Waals surface area contributed by atoms with Crippen LogP contribution >= 0.6 is 24.0 Å². The number of hydrogen-bond acceptors (Lipinski definition) is 4. The van der Waals surface area contributed by atoms with E-state index < -0.39 is 0 Å². The van der Waals surface area contributed by atoms with Crippen LogP contribution in [-0.2, 0) is 9.53 Å². The lowest BCUT2D eigenvalue weighted by Gasteiger charge is -2.23. The Morgan fingerprint density at radius 1 is 1.60 bits per heavy atom. The minimum atomic E-state index is -0.116. The van der Waals surface area contributed by atoms with Gasteiger partial charge in [-0.1, -0.05) is 11.6 Å². The van der Waals surface area contributed by atoms with E-state index >= 15 is 0 Å². The van der Waals surface area contributed by atoms with Crippen molar-refractivity contribution in [1.82, 2.24) is 5.32 Å². The summed E-state index contributed by atoms with van der Waals surface area (Å²) >= 11 is 5.91. The number of amides is 1. The Hall–Kier alpha value is -1.01. The zero-order chi connectivity index (χ0) is 13.7. The minimum absolute atomic E-state index is 0. The number of benzene rings is 1. The zero-order valence-electron chi connectivity index (χ0n) is 11.1. The molecule has 1 amide bonds. The summed E-state index contributed by atoms with van der Waals surface area (Å²) in [4.78, 5) is 11.9. The van der Waals surface area contributed by atoms with E-state index in [1.165, 1.54) is 0 Å². The van der Waals surface area contributed by atoms with Gasteiger partial charge >= 0.3 is 0 Å². The number of anilines is 1. The van der Waals surface area contributed by atoms with Crippen LogP contribution in [0.4, 0.5) is 5.69 Å². The highest BCUT2D eigenvalue weighted by Gasteiger charge is 2.18. The highest BCUT2D eigenvalue weighted by Crippen LogP contribution is 2.27. The summed E-state index contributed by atoms with van der Waals surface area (Å²) in [5, 5.41) is 6.53. The first kappa shape index (κ1) is 17.0. The van der Waals surface area contributed by atoms with Gasteiger partial charge in [0.2, 0.25) is 5.91 Å². The van der Waals surface area contributed by atoms with E-state index in [-0.39, 0.29) is 24.4 Å². The molecule has 1 aliphatic rings. The molecular weight excluding hydrogens is 303 g/mol. The van der Waals surface area contributed by atoms with Crippen LogP contribution in [0, 0.1) is 0 Å². The summed E-state index contributed by atoms with van der Waals surface area (Å²) < 4.78 is 10.7. The van der Waals surface area contributed by atoms with E-state index in [4.69, 9.17) is 21.1 Å². The second-order valence-electron chi connectivity index (χ2n) is 4.29. The van der Waals surface area contributed by atoms with Crippen molar-refractivity contribution in [1.29, 1.82) is 0 Å². The Labute approximate surface area is 129 Å². The molecular formula is C13H18Cl2N2O3. The summed E-state index contributed by atoms with van der Waals surface area (Å²) in [5.41, 5.74) is 0.573. The second-order valence-corrected chi connectivity index (χ2v) is 4.73. The maximum Gasteiger partial charge on any atom is 0.227 e. The lowest BCUT2D eigenvalue weighted by Crippen LogP contribution is -2.40. The molecule has 7 heteroatoms. The first-order valence-electron chi connectivity index (χ1n) is 6.15. The average molecular weight is 321 g/mol. The van der Waals surface area contributed by atoms with Crippen molar-refractivity contribution in [2.24, 2.45) is 0 Å². The van der Waals surface area contributed by atoms with Gasteiger partial charge in [0.1, 0.15) is 5.75 Å². The van der Waals surface area contributed by atoms with Gasteiger partial charge in [-0.25, -0.2) is 0 Å². The van der Waals surface area contributed by atoms with Crippen molar-refractivity contribution in [2.75, 3.05) is 32.1 Å². The summed E-state index contributed by atoms with van der Waals surface area (Å²) in [7, 11) is 1.55. The molecule has 0 saturated carbocycles. The number of ether oxygens (including phenoxy) is 2. The smallest absolute Gasteiger partial charge is 0.227 e. The highest BCUT2D eigenvalue weighted by atomic mass is 35.5. The number of nitrogens with one attached hydrogen (secondary N) is 2. The molecule has 20 heavy (non-hydrogen) atoms. The van der Waals surface area contributed by atoms with Crippen LogP contribution < -0.4 is 15.4 Å². The lowest BCUT2D eigenvalue weighted by atomic mass is 10.2. The molecule has 1 unspecified atom stereocenters. The van der Waals surface area contributed by atoms with E-state index in [0.717, 1.165) is 6.54 Å². The molecule has 2 rings (SSSR count). The minimum Gasteiger partial charge on any atom is -0.495 e. The Morgan fingerprint density at radius 3 is 3.05 bits per heavy atom. The molecule has 112 valence electrons. The Balaban J connectivity index is 0.00000200. The van der Waals surface area contributed by atoms with Gasteiger partial charge in [-0.2, -0.15) is 0 Å². The highest BCUT2D eigenvalue weighted by molar-refractivity contribution is 6.31. The number of hydrogen-bond donors (Lipinski definition) is 2. The average Bonchev–Trinajstić information content (AvgIpc) is 2.40. The number of methoxy groups -OCH3 is 1. The fraction of sp³-hybridized carbons (Fsp3) is 0.462. The normalized spacial score (nSPS) is 18.0. The SMILES string of the molecule is COc1ccc(Cl)cc1NC(=O)CC1CNCCO1.Cl. The molecule has 1 saturated heterocycles. The first-order chi connectivity index (χ1) is 9.19. The molecule has 1 aromatic carbocycles. The van der Waals surface area contributed by atoms with Crippen molar-refractivity contribution in [3.05, 3.63) is 23.2 Å². The predicted octanol–water partition coefficient (Wildman–Crippen LogP) is 2.09. The Bertz CT molecular complexity index is 451. The number of carbonyl (C=O) groups is 1. The first-order valence-corrected chi connectivity index (χ1v) is 6.52. The fourth-order valence-corrected chi connectivity index (χ4v) is 2.11. The number of rotatable bonds is 4. The van der Waals surface area contributed by atoms with Crippen molar-refractivity contribution >= 4 is 35.6 Å². The third kappa shape index (κ3) is 4.83. The molecule has 1 heterocycles. The van der Waals surface area contributed by atoms with Gasteiger partial charge in [0.15, 0.2) is 0 Å². The van der Waals surface area contributed by atoms with Crippen molar-refractivity contribution in [3.8, 4) is 5.75 Å². The van der Waals surface area contributed by atoms with E-state index in [1.54, 1.807) is 25.3 Å². The van der Waals surface area contributed by atoms with Gasteiger partial charge in [-0.15, -0.1) is 12.4 Å². The van der Waals surface area contributed by atoms with Gasteiger partial charge in [-0.05, 0) is 18.2 Å². The lowest BCUT2D eigenvalue weighted by molar-refractivity contribution is -0.119. The van der Waals surface area contributed by atoms with Gasteiger partial charge in [0.25, 0.3) is 0 Å². The van der Waals surface area contributed by atoms with Crippen LogP contribution in [0.5, 0.6) is 5.75 Å². The van der Waals surface area contributed by atoms with Gasteiger partial charge < -0.3 is 20.1 Å². The van der Waals surface area contributed by atoms with Crippen LogP contribution in [0.15, 0.2) is 18.2 Å². The van der Waals surface area contributed by atoms with Crippen LogP contribution in [0.1, 0.15) is 6.42 Å². The van der Waals surface area contributed by atoms with Crippen LogP contribution in [0.3, 0.4) is 0 Å². The molecule has 1 atom stereocenters. The summed E-state index contributed by atoms with van der Waals surface area (Å²) in [5.74, 6) is 0.467. The van der Waals surface area contributed by atoms with E-state index in [1.807, 2.05) is 0 Å². The Kier molecular flexibility index (Phi) is 7.09. The molecule has 0 aromatic heterocycles. The molecule has 0 bridgehead atoms. The van der Waals surface area contributed by atoms with E-state index in [9.17, 15) is 4.79 Å². The Morgan fingerprint density at radius 2 is 2.40 bits per heavy atom. The molecule has 1 aliphatic heterocycles. The largest absolute Gasteiger partial charge is 0.495 e. The summed E-state index contributed by atoms with van der Waals surface area (Å²) in [6, 6.07) is 5.10. The van der Waals surface area contributed by atoms with Crippen LogP contribution in [-0.4, -0.2) is 38.8 Å². The number of carbonyl (C=O) groups excluding carboxylic acids is 1. The number of halogens is 2. The van der Waals surface area contributed by atoms with Crippen molar-refractivity contribution < 1.29 is 14.3 Å². The zero-order valence-corrected chi connectivity index (χ0v) is 12.7. The topological polar surface area (TPSA) is 59.6 Å². The maximum atomic E-state index is 11.9. The molecule has 1 aromatic rings. The van der Waals surface area contributed by atoms with Crippen molar-refractivity contribution in [3.63, 3.8) is 0 Å². The van der Waals surface area contributed by atoms with Gasteiger partial charge in [0.05, 0.1) is 31.9 Å². The molecule has 5 nitrogen and oxygen atoms in total. The van der Waals surface area contributed by atoms with Gasteiger partial charge in [-0.3, -0.25) is 4.79 Å². The molecule has 0 radical (unpaired) electrons. The van der Waals surface area contributed by atoms with E-state index in [0.29, 0.717) is 36.0 Å². The predicted molar refractivity (Wildman–Crippen MR) is 81.1 cm³/mol. The van der Waals surface area contributed by atoms with Crippen LogP contribution in [0.2, 0.25) is 5.02 Å². The second kappa shape index (κ2) is 8.32. The monoisotopic (exact) mass is 320 g/mol. The van der Waals surface area contributed by atoms with E-state index in [2.05, 4.69) is 10.6 Å². The quantitative estimate of drug-likeness (QED) is 0.891. The molecule has 0 spiro atoms. The maximum absolute atomic E-state index is 11.9. The molecule has 0 aliphatic carbocycles. The summed E-state index contributed by atoms with van der Waals surface area (Å²) in [6.07, 6.45) is 0.224. The third-order valence-electron chi connectivity index (χ3n) is 2.85. The fourth-order valence-electron chi connectivity index (χ4n) is 1.94. The molecule has 1 fully saturated rings. The van der Waals surface area contributed by atoms with Crippen LogP contribution in [0.25, 0.3) is 0 Å². The standard InChI is InChI=1S/C13H17ClN2O3.ClH/c1-18-12-3-2-9(14)6-11(12)16-13(17)7-10-8-15-4-5-19-10;/h2-3,6,10,15H,4-5,7-8H2,1H3,(H,16,17);1H. The van der Waals surface area contributed by atoms with Gasteiger partial charge in [0, 0.05) is 18.1 Å². The molecule has 2 N–H and O–H groups in total. The number of morpholine rings is 1. The third-order valence-corrected chi connectivity index (χ3v) is 3.09. The van der Waals surface area contributed by atoms with Crippen molar-refractivity contribution in [2.45, 2.75) is 12.5 Å². The summed E-state index contributed by atoms with van der Waals surface area (Å²) in [6.45, 7) is 2.17.